The molecular weight excluding hydrogens is 226 g/mol. The molecule has 0 radical (unpaired) electrons. The van der Waals surface area contributed by atoms with Gasteiger partial charge in [0.25, 0.3) is 0 Å². The molecule has 88 valence electrons. The summed E-state index contributed by atoms with van der Waals surface area (Å²) < 4.78 is 0. The van der Waals surface area contributed by atoms with Crippen LogP contribution in [0.1, 0.15) is 27.5 Å². The van der Waals surface area contributed by atoms with Crippen molar-refractivity contribution in [3.63, 3.8) is 0 Å². The quantitative estimate of drug-likeness (QED) is 0.344. The van der Waals surface area contributed by atoms with E-state index in [1.54, 1.807) is 18.2 Å². The molecule has 1 unspecified atom stereocenters. The van der Waals surface area contributed by atoms with Crippen LogP contribution in [0.5, 0.6) is 0 Å². The van der Waals surface area contributed by atoms with Gasteiger partial charge in [-0.15, -0.1) is 0 Å². The SMILES string of the molecule is [N-]=[N+]=NC(c1ccccc1)c1cccc(C=O)c1. The first-order valence-corrected chi connectivity index (χ1v) is 5.49. The highest BCUT2D eigenvalue weighted by atomic mass is 16.1. The molecule has 0 aliphatic carbocycles. The van der Waals surface area contributed by atoms with Crippen LogP contribution in [-0.4, -0.2) is 6.29 Å². The summed E-state index contributed by atoms with van der Waals surface area (Å²) in [5, 5.41) is 3.80. The number of rotatable bonds is 4. The predicted molar refractivity (Wildman–Crippen MR) is 69.3 cm³/mol. The van der Waals surface area contributed by atoms with Gasteiger partial charge in [-0.25, -0.2) is 0 Å². The molecule has 0 heterocycles. The summed E-state index contributed by atoms with van der Waals surface area (Å²) in [7, 11) is 0. The molecule has 2 rings (SSSR count). The Morgan fingerprint density at radius 2 is 1.78 bits per heavy atom. The van der Waals surface area contributed by atoms with E-state index in [-0.39, 0.29) is 0 Å². The zero-order chi connectivity index (χ0) is 12.8. The second-order valence-electron chi connectivity index (χ2n) is 3.81. The van der Waals surface area contributed by atoms with Crippen molar-refractivity contribution in [1.82, 2.24) is 0 Å². The standard InChI is InChI=1S/C14H11N3O/c15-17-16-14(12-6-2-1-3-7-12)13-8-4-5-11(9-13)10-18/h1-10,14H. The van der Waals surface area contributed by atoms with Gasteiger partial charge < -0.3 is 0 Å². The number of carbonyl (C=O) groups is 1. The van der Waals surface area contributed by atoms with E-state index in [4.69, 9.17) is 5.53 Å². The molecule has 4 nitrogen and oxygen atoms in total. The van der Waals surface area contributed by atoms with Gasteiger partial charge >= 0.3 is 0 Å². The minimum absolute atomic E-state index is 0.406. The third kappa shape index (κ3) is 2.56. The van der Waals surface area contributed by atoms with Gasteiger partial charge in [0.05, 0.1) is 6.04 Å². The normalized spacial score (nSPS) is 11.3. The third-order valence-electron chi connectivity index (χ3n) is 2.64. The molecule has 0 amide bonds. The number of hydrogen-bond donors (Lipinski definition) is 0. The number of carbonyl (C=O) groups excluding carboxylic acids is 1. The number of azide groups is 1. The second-order valence-corrected chi connectivity index (χ2v) is 3.81. The highest BCUT2D eigenvalue weighted by Gasteiger charge is 2.12. The Hall–Kier alpha value is -2.58. The molecule has 2 aromatic carbocycles. The number of nitrogens with zero attached hydrogens (tertiary/aromatic N) is 3. The van der Waals surface area contributed by atoms with Crippen LogP contribution in [0.3, 0.4) is 0 Å². The van der Waals surface area contributed by atoms with Gasteiger partial charge in [-0.05, 0) is 22.7 Å². The first-order chi connectivity index (χ1) is 8.85. The van der Waals surface area contributed by atoms with Crippen molar-refractivity contribution in [3.8, 4) is 0 Å². The summed E-state index contributed by atoms with van der Waals surface area (Å²) >= 11 is 0. The van der Waals surface area contributed by atoms with E-state index < -0.39 is 6.04 Å². The Balaban J connectivity index is 2.47. The topological polar surface area (TPSA) is 65.8 Å². The van der Waals surface area contributed by atoms with Crippen molar-refractivity contribution in [1.29, 1.82) is 0 Å². The summed E-state index contributed by atoms with van der Waals surface area (Å²) in [6.45, 7) is 0. The van der Waals surface area contributed by atoms with Crippen molar-refractivity contribution in [2.24, 2.45) is 5.11 Å². The van der Waals surface area contributed by atoms with E-state index in [2.05, 4.69) is 10.0 Å². The summed E-state index contributed by atoms with van der Waals surface area (Å²) in [6, 6.07) is 16.1. The van der Waals surface area contributed by atoms with Gasteiger partial charge in [0.2, 0.25) is 0 Å². The fourth-order valence-electron chi connectivity index (χ4n) is 1.82. The smallest absolute Gasteiger partial charge is 0.150 e. The lowest BCUT2D eigenvalue weighted by Gasteiger charge is -2.12. The van der Waals surface area contributed by atoms with Gasteiger partial charge in [-0.1, -0.05) is 53.6 Å². The van der Waals surface area contributed by atoms with E-state index in [9.17, 15) is 4.79 Å². The van der Waals surface area contributed by atoms with E-state index in [0.717, 1.165) is 17.4 Å². The fraction of sp³-hybridized carbons (Fsp3) is 0.0714. The molecule has 0 spiro atoms. The lowest BCUT2D eigenvalue weighted by molar-refractivity contribution is 0.112. The Kier molecular flexibility index (Phi) is 3.74. The maximum absolute atomic E-state index is 10.8. The van der Waals surface area contributed by atoms with Crippen LogP contribution in [0.15, 0.2) is 59.7 Å². The fourth-order valence-corrected chi connectivity index (χ4v) is 1.82. The molecule has 0 saturated heterocycles. The zero-order valence-corrected chi connectivity index (χ0v) is 9.60. The van der Waals surface area contributed by atoms with Gasteiger partial charge in [0.15, 0.2) is 0 Å². The van der Waals surface area contributed by atoms with E-state index in [0.29, 0.717) is 5.56 Å². The molecule has 0 bridgehead atoms. The lowest BCUT2D eigenvalue weighted by Crippen LogP contribution is -1.97. The number of benzene rings is 2. The van der Waals surface area contributed by atoms with Crippen LogP contribution in [0.4, 0.5) is 0 Å². The third-order valence-corrected chi connectivity index (χ3v) is 2.64. The molecular formula is C14H11N3O. The van der Waals surface area contributed by atoms with Crippen LogP contribution >= 0.6 is 0 Å². The first-order valence-electron chi connectivity index (χ1n) is 5.49. The van der Waals surface area contributed by atoms with Gasteiger partial charge in [-0.2, -0.15) is 0 Å². The Labute approximate surface area is 105 Å². The van der Waals surface area contributed by atoms with Gasteiger partial charge in [0.1, 0.15) is 6.29 Å². The molecule has 0 aliphatic heterocycles. The van der Waals surface area contributed by atoms with E-state index in [1.165, 1.54) is 0 Å². The van der Waals surface area contributed by atoms with Crippen LogP contribution in [0.2, 0.25) is 0 Å². The first kappa shape index (κ1) is 11.9. The summed E-state index contributed by atoms with van der Waals surface area (Å²) in [5.41, 5.74) is 11.0. The maximum Gasteiger partial charge on any atom is 0.150 e. The molecule has 0 fully saturated rings. The zero-order valence-electron chi connectivity index (χ0n) is 9.60. The predicted octanol–water partition coefficient (Wildman–Crippen LogP) is 3.90. The van der Waals surface area contributed by atoms with Crippen molar-refractivity contribution in [3.05, 3.63) is 81.7 Å². The maximum atomic E-state index is 10.8. The average Bonchev–Trinajstić information content (AvgIpc) is 2.46. The molecule has 1 atom stereocenters. The Morgan fingerprint density at radius 3 is 2.44 bits per heavy atom. The molecule has 0 aromatic heterocycles. The molecule has 2 aromatic rings. The van der Waals surface area contributed by atoms with Gasteiger partial charge in [0, 0.05) is 10.5 Å². The average molecular weight is 237 g/mol. The van der Waals surface area contributed by atoms with Crippen molar-refractivity contribution in [2.45, 2.75) is 6.04 Å². The Bertz CT molecular complexity index is 589. The van der Waals surface area contributed by atoms with Crippen LogP contribution in [0.25, 0.3) is 10.4 Å². The lowest BCUT2D eigenvalue weighted by atomic mass is 9.98. The van der Waals surface area contributed by atoms with E-state index >= 15 is 0 Å². The molecule has 0 N–H and O–H groups in total. The minimum atomic E-state index is -0.406. The van der Waals surface area contributed by atoms with Crippen molar-refractivity contribution < 1.29 is 4.79 Å². The highest BCUT2D eigenvalue weighted by molar-refractivity contribution is 5.75. The molecule has 0 aliphatic rings. The van der Waals surface area contributed by atoms with Crippen molar-refractivity contribution in [2.75, 3.05) is 0 Å². The molecule has 0 saturated carbocycles. The van der Waals surface area contributed by atoms with E-state index in [1.807, 2.05) is 36.4 Å². The number of hydrogen-bond acceptors (Lipinski definition) is 2. The summed E-state index contributed by atoms with van der Waals surface area (Å²) in [5.74, 6) is 0. The largest absolute Gasteiger partial charge is 0.298 e. The van der Waals surface area contributed by atoms with Crippen LogP contribution in [-0.2, 0) is 0 Å². The Morgan fingerprint density at radius 1 is 1.06 bits per heavy atom. The molecule has 18 heavy (non-hydrogen) atoms. The monoisotopic (exact) mass is 237 g/mol. The summed E-state index contributed by atoms with van der Waals surface area (Å²) in [4.78, 5) is 13.7. The van der Waals surface area contributed by atoms with Gasteiger partial charge in [-0.3, -0.25) is 4.79 Å². The minimum Gasteiger partial charge on any atom is -0.298 e. The van der Waals surface area contributed by atoms with Crippen molar-refractivity contribution >= 4 is 6.29 Å². The summed E-state index contributed by atoms with van der Waals surface area (Å²) in [6.07, 6.45) is 0.779. The van der Waals surface area contributed by atoms with Crippen LogP contribution in [0, 0.1) is 0 Å². The highest BCUT2D eigenvalue weighted by Crippen LogP contribution is 2.26. The number of aldehydes is 1. The second kappa shape index (κ2) is 5.66. The van der Waals surface area contributed by atoms with Crippen LogP contribution < -0.4 is 0 Å². The molecule has 4 heteroatoms.